The lowest BCUT2D eigenvalue weighted by Gasteiger charge is -2.21. The molecule has 1 aliphatic rings. The van der Waals surface area contributed by atoms with Gasteiger partial charge in [-0.2, -0.15) is 0 Å². The molecule has 0 aromatic carbocycles. The second kappa shape index (κ2) is 8.07. The molecule has 2 radical (unpaired) electrons. The molecule has 1 aliphatic heterocycles. The molecule has 0 fully saturated rings. The highest BCUT2D eigenvalue weighted by atomic mass is 28.2. The van der Waals surface area contributed by atoms with Crippen molar-refractivity contribution < 1.29 is 9.47 Å². The summed E-state index contributed by atoms with van der Waals surface area (Å²) in [6.07, 6.45) is 10.7. The predicted molar refractivity (Wildman–Crippen MR) is 113 cm³/mol. The molecule has 0 unspecified atom stereocenters. The molecule has 0 amide bonds. The van der Waals surface area contributed by atoms with Crippen LogP contribution in [0.5, 0.6) is 11.6 Å². The summed E-state index contributed by atoms with van der Waals surface area (Å²) in [6.45, 7) is 4.07. The van der Waals surface area contributed by atoms with Gasteiger partial charge in [0.15, 0.2) is 5.75 Å². The van der Waals surface area contributed by atoms with Gasteiger partial charge in [0, 0.05) is 49.2 Å². The standard InChI is InChI=1S/C20H19N7O2Si/c1-13(30-16-2-3-21-19-18(16)28-6-7-29-19)9-23-17-8-15(25-12-26-17)14-10-24-20-22-4-5-27(20)11-14/h2-5,8,10-13H,6-7,9H2,1H3,(H,23,25,26)/t13-/m1/s1. The number of nitrogens with one attached hydrogen (secondary N) is 1. The van der Waals surface area contributed by atoms with Crippen LogP contribution in [0.2, 0.25) is 5.54 Å². The summed E-state index contributed by atoms with van der Waals surface area (Å²) in [4.78, 5) is 21.5. The third-order valence-corrected chi connectivity index (χ3v) is 6.04. The van der Waals surface area contributed by atoms with E-state index in [9.17, 15) is 0 Å². The van der Waals surface area contributed by atoms with Crippen molar-refractivity contribution in [1.29, 1.82) is 0 Å². The van der Waals surface area contributed by atoms with Gasteiger partial charge in [-0.1, -0.05) is 6.92 Å². The molecule has 9 nitrogen and oxygen atoms in total. The highest BCUT2D eigenvalue weighted by Gasteiger charge is 2.19. The molecule has 0 saturated heterocycles. The number of hydrogen-bond acceptors (Lipinski definition) is 8. The van der Waals surface area contributed by atoms with Gasteiger partial charge in [0.05, 0.1) is 15.2 Å². The van der Waals surface area contributed by atoms with E-state index >= 15 is 0 Å². The van der Waals surface area contributed by atoms with Crippen LogP contribution in [0, 0.1) is 0 Å². The van der Waals surface area contributed by atoms with Gasteiger partial charge in [-0.15, -0.1) is 0 Å². The molecule has 10 heteroatoms. The van der Waals surface area contributed by atoms with Gasteiger partial charge in [0.1, 0.15) is 25.4 Å². The molecule has 150 valence electrons. The van der Waals surface area contributed by atoms with Gasteiger partial charge in [0.25, 0.3) is 5.88 Å². The van der Waals surface area contributed by atoms with E-state index in [1.807, 2.05) is 28.9 Å². The number of ether oxygens (including phenoxy) is 2. The van der Waals surface area contributed by atoms with E-state index in [1.54, 1.807) is 24.9 Å². The Hall–Kier alpha value is -3.53. The Morgan fingerprint density at radius 2 is 2.07 bits per heavy atom. The molecule has 0 bridgehead atoms. The number of rotatable bonds is 6. The first-order chi connectivity index (χ1) is 14.8. The Labute approximate surface area is 175 Å². The number of hydrogen-bond donors (Lipinski definition) is 1. The minimum atomic E-state index is 0.379. The smallest absolute Gasteiger partial charge is 0.256 e. The summed E-state index contributed by atoms with van der Waals surface area (Å²) >= 11 is 0. The van der Waals surface area contributed by atoms with Gasteiger partial charge in [-0.3, -0.25) is 4.40 Å². The van der Waals surface area contributed by atoms with Crippen molar-refractivity contribution in [2.24, 2.45) is 0 Å². The molecule has 4 aromatic heterocycles. The van der Waals surface area contributed by atoms with Crippen LogP contribution >= 0.6 is 0 Å². The van der Waals surface area contributed by atoms with Crippen molar-refractivity contribution in [2.45, 2.75) is 12.5 Å². The largest absolute Gasteiger partial charge is 0.485 e. The highest BCUT2D eigenvalue weighted by molar-refractivity contribution is 6.56. The first-order valence-electron chi connectivity index (χ1n) is 9.62. The third kappa shape index (κ3) is 3.81. The molecule has 0 saturated carbocycles. The second-order valence-corrected chi connectivity index (χ2v) is 8.69. The maximum absolute atomic E-state index is 5.77. The van der Waals surface area contributed by atoms with E-state index in [0.717, 1.165) is 34.6 Å². The van der Waals surface area contributed by atoms with Crippen LogP contribution < -0.4 is 20.0 Å². The van der Waals surface area contributed by atoms with Crippen LogP contribution in [0.1, 0.15) is 6.92 Å². The van der Waals surface area contributed by atoms with Crippen LogP contribution in [-0.4, -0.2) is 58.6 Å². The van der Waals surface area contributed by atoms with Gasteiger partial charge >= 0.3 is 0 Å². The molecule has 30 heavy (non-hydrogen) atoms. The van der Waals surface area contributed by atoms with E-state index < -0.39 is 0 Å². The number of pyridine rings is 1. The van der Waals surface area contributed by atoms with E-state index in [4.69, 9.17) is 9.47 Å². The van der Waals surface area contributed by atoms with Crippen LogP contribution in [0.3, 0.4) is 0 Å². The molecule has 1 atom stereocenters. The van der Waals surface area contributed by atoms with E-state index in [2.05, 4.69) is 37.2 Å². The minimum absolute atomic E-state index is 0.379. The molecular formula is C20H19N7O2Si. The van der Waals surface area contributed by atoms with Crippen molar-refractivity contribution in [3.63, 3.8) is 0 Å². The Kier molecular flexibility index (Phi) is 4.97. The fourth-order valence-electron chi connectivity index (χ4n) is 3.20. The molecule has 1 N–H and O–H groups in total. The fraction of sp³-hybridized carbons (Fsp3) is 0.250. The van der Waals surface area contributed by atoms with Crippen molar-refractivity contribution in [3.8, 4) is 22.9 Å². The minimum Gasteiger partial charge on any atom is -0.485 e. The van der Waals surface area contributed by atoms with Gasteiger partial charge in [-0.25, -0.2) is 24.9 Å². The van der Waals surface area contributed by atoms with Gasteiger partial charge in [-0.05, 0) is 16.8 Å². The topological polar surface area (TPSA) is 99.4 Å². The number of fused-ring (bicyclic) bond motifs is 2. The van der Waals surface area contributed by atoms with Crippen LogP contribution in [0.15, 0.2) is 49.4 Å². The highest BCUT2D eigenvalue weighted by Crippen LogP contribution is 2.25. The van der Waals surface area contributed by atoms with Crippen LogP contribution in [0.25, 0.3) is 17.0 Å². The van der Waals surface area contributed by atoms with Crippen molar-refractivity contribution in [3.05, 3.63) is 49.4 Å². The summed E-state index contributed by atoms with van der Waals surface area (Å²) in [5.41, 5.74) is 2.09. The number of imidazole rings is 1. The van der Waals surface area contributed by atoms with Crippen LogP contribution in [-0.2, 0) is 0 Å². The van der Waals surface area contributed by atoms with Gasteiger partial charge in [0.2, 0.25) is 5.78 Å². The molecule has 4 aromatic rings. The Balaban J connectivity index is 1.26. The summed E-state index contributed by atoms with van der Waals surface area (Å²) < 4.78 is 13.2. The number of nitrogens with zero attached hydrogens (tertiary/aromatic N) is 6. The SMILES string of the molecule is C[C@H](CNc1cc(-c2cnc3nccn3c2)ncn1)[Si]c1ccnc2c1OCCO2. The lowest BCUT2D eigenvalue weighted by atomic mass is 10.2. The van der Waals surface area contributed by atoms with Crippen LogP contribution in [0.4, 0.5) is 5.82 Å². The zero-order valence-corrected chi connectivity index (χ0v) is 17.3. The number of aromatic nitrogens is 6. The van der Waals surface area contributed by atoms with Crippen molar-refractivity contribution in [2.75, 3.05) is 25.1 Å². The summed E-state index contributed by atoms with van der Waals surface area (Å²) in [7, 11) is 0.560. The first-order valence-corrected chi connectivity index (χ1v) is 10.7. The maximum atomic E-state index is 5.77. The Morgan fingerprint density at radius 1 is 1.13 bits per heavy atom. The lowest BCUT2D eigenvalue weighted by Crippen LogP contribution is -2.28. The Morgan fingerprint density at radius 3 is 3.03 bits per heavy atom. The molecule has 0 aliphatic carbocycles. The zero-order valence-electron chi connectivity index (χ0n) is 16.3. The van der Waals surface area contributed by atoms with Crippen molar-refractivity contribution >= 4 is 26.3 Å². The quantitative estimate of drug-likeness (QED) is 0.472. The molecule has 0 spiro atoms. The Bertz CT molecular complexity index is 1180. The number of anilines is 1. The maximum Gasteiger partial charge on any atom is 0.256 e. The van der Waals surface area contributed by atoms with Crippen molar-refractivity contribution in [1.82, 2.24) is 29.3 Å². The molecule has 5 rings (SSSR count). The lowest BCUT2D eigenvalue weighted by molar-refractivity contribution is 0.166. The average molecular weight is 418 g/mol. The normalized spacial score (nSPS) is 13.9. The predicted octanol–water partition coefficient (Wildman–Crippen LogP) is 1.60. The monoisotopic (exact) mass is 417 g/mol. The first kappa shape index (κ1) is 18.5. The van der Waals surface area contributed by atoms with E-state index in [1.165, 1.54) is 0 Å². The van der Waals surface area contributed by atoms with E-state index in [0.29, 0.717) is 39.9 Å². The average Bonchev–Trinajstić information content (AvgIpc) is 3.26. The molecular weight excluding hydrogens is 398 g/mol. The summed E-state index contributed by atoms with van der Waals surface area (Å²) in [5.74, 6) is 2.81. The van der Waals surface area contributed by atoms with E-state index in [-0.39, 0.29) is 0 Å². The molecule has 5 heterocycles. The summed E-state index contributed by atoms with van der Waals surface area (Å²) in [5, 5.41) is 4.55. The zero-order chi connectivity index (χ0) is 20.3. The third-order valence-electron chi connectivity index (χ3n) is 4.64. The second-order valence-electron chi connectivity index (χ2n) is 6.88. The summed E-state index contributed by atoms with van der Waals surface area (Å²) in [6, 6.07) is 3.94. The fourth-order valence-corrected chi connectivity index (χ4v) is 4.42. The van der Waals surface area contributed by atoms with Gasteiger partial charge < -0.3 is 14.8 Å².